The summed E-state index contributed by atoms with van der Waals surface area (Å²) in [6.45, 7) is 3.14. The molecule has 5 heteroatoms. The molecule has 144 valence electrons. The summed E-state index contributed by atoms with van der Waals surface area (Å²) in [4.78, 5) is 21.5. The van der Waals surface area contributed by atoms with Gasteiger partial charge in [0.05, 0.1) is 17.9 Å². The van der Waals surface area contributed by atoms with Crippen molar-refractivity contribution in [3.05, 3.63) is 53.7 Å². The fourth-order valence-corrected chi connectivity index (χ4v) is 3.73. The zero-order chi connectivity index (χ0) is 19.2. The number of hydrogen-bond donors (Lipinski definition) is 0. The SMILES string of the molecule is COC[C@@H]1CCCN(C(=O)c2ccc(-c3ccccc3CN(C)C)nc2)C1. The standard InChI is InChI=1S/C22H29N3O2/c1-24(2)15-19-8-4-5-9-20(19)21-11-10-18(13-23-21)22(26)25-12-6-7-17(14-25)16-27-3/h4-5,8-11,13,17H,6-7,12,14-16H2,1-3H3/t17-/m1/s1. The van der Waals surface area contributed by atoms with Crippen molar-refractivity contribution in [1.82, 2.24) is 14.8 Å². The van der Waals surface area contributed by atoms with Gasteiger partial charge in [-0.15, -0.1) is 0 Å². The molecule has 0 spiro atoms. The van der Waals surface area contributed by atoms with Crippen LogP contribution in [0.2, 0.25) is 0 Å². The van der Waals surface area contributed by atoms with Crippen LogP contribution < -0.4 is 0 Å². The van der Waals surface area contributed by atoms with Gasteiger partial charge in [-0.1, -0.05) is 24.3 Å². The molecule has 1 atom stereocenters. The molecular weight excluding hydrogens is 338 g/mol. The molecule has 0 bridgehead atoms. The Balaban J connectivity index is 1.75. The molecule has 2 aromatic rings. The van der Waals surface area contributed by atoms with Crippen LogP contribution in [0.5, 0.6) is 0 Å². The van der Waals surface area contributed by atoms with Gasteiger partial charge in [-0.05, 0) is 50.6 Å². The normalized spacial score (nSPS) is 17.3. The zero-order valence-electron chi connectivity index (χ0n) is 16.5. The number of nitrogens with zero attached hydrogens (tertiary/aromatic N) is 3. The Morgan fingerprint density at radius 3 is 2.78 bits per heavy atom. The fraction of sp³-hybridized carbons (Fsp3) is 0.455. The van der Waals surface area contributed by atoms with Gasteiger partial charge >= 0.3 is 0 Å². The summed E-state index contributed by atoms with van der Waals surface area (Å²) in [6, 6.07) is 12.1. The van der Waals surface area contributed by atoms with Gasteiger partial charge < -0.3 is 14.5 Å². The molecule has 27 heavy (non-hydrogen) atoms. The lowest BCUT2D eigenvalue weighted by Crippen LogP contribution is -2.41. The second-order valence-electron chi connectivity index (χ2n) is 7.54. The van der Waals surface area contributed by atoms with Crippen LogP contribution in [0.1, 0.15) is 28.8 Å². The van der Waals surface area contributed by atoms with Gasteiger partial charge in [-0.2, -0.15) is 0 Å². The van der Waals surface area contributed by atoms with Gasteiger partial charge in [0, 0.05) is 38.5 Å². The minimum atomic E-state index is 0.0661. The third kappa shape index (κ3) is 4.93. The van der Waals surface area contributed by atoms with E-state index in [1.807, 2.05) is 29.2 Å². The molecule has 1 aliphatic rings. The van der Waals surface area contributed by atoms with Gasteiger partial charge in [0.1, 0.15) is 0 Å². The topological polar surface area (TPSA) is 45.7 Å². The summed E-state index contributed by atoms with van der Waals surface area (Å²) in [6.07, 6.45) is 3.87. The highest BCUT2D eigenvalue weighted by Crippen LogP contribution is 2.24. The third-order valence-corrected chi connectivity index (χ3v) is 5.00. The summed E-state index contributed by atoms with van der Waals surface area (Å²) >= 11 is 0. The lowest BCUT2D eigenvalue weighted by atomic mass is 9.98. The first kappa shape index (κ1) is 19.5. The van der Waals surface area contributed by atoms with E-state index >= 15 is 0 Å². The van der Waals surface area contributed by atoms with Gasteiger partial charge in [0.2, 0.25) is 0 Å². The van der Waals surface area contributed by atoms with Crippen molar-refractivity contribution in [3.63, 3.8) is 0 Å². The van der Waals surface area contributed by atoms with Crippen molar-refractivity contribution < 1.29 is 9.53 Å². The molecule has 0 aliphatic carbocycles. The van der Waals surface area contributed by atoms with E-state index in [4.69, 9.17) is 4.74 Å². The molecular formula is C22H29N3O2. The van der Waals surface area contributed by atoms with E-state index in [1.54, 1.807) is 13.3 Å². The minimum Gasteiger partial charge on any atom is -0.384 e. The Hall–Kier alpha value is -2.24. The van der Waals surface area contributed by atoms with Crippen LogP contribution in [0.3, 0.4) is 0 Å². The molecule has 5 nitrogen and oxygen atoms in total. The van der Waals surface area contributed by atoms with Crippen molar-refractivity contribution in [2.24, 2.45) is 5.92 Å². The molecule has 1 aromatic heterocycles. The number of carbonyl (C=O) groups excluding carboxylic acids is 1. The van der Waals surface area contributed by atoms with Crippen molar-refractivity contribution in [3.8, 4) is 11.3 Å². The van der Waals surface area contributed by atoms with Crippen LogP contribution in [-0.4, -0.2) is 61.6 Å². The lowest BCUT2D eigenvalue weighted by molar-refractivity contribution is 0.0570. The van der Waals surface area contributed by atoms with Crippen LogP contribution in [0.25, 0.3) is 11.3 Å². The molecule has 0 saturated carbocycles. The molecule has 1 amide bonds. The second-order valence-corrected chi connectivity index (χ2v) is 7.54. The maximum absolute atomic E-state index is 12.8. The number of methoxy groups -OCH3 is 1. The Labute approximate surface area is 162 Å². The van der Waals surface area contributed by atoms with E-state index in [-0.39, 0.29) is 5.91 Å². The first-order valence-corrected chi connectivity index (χ1v) is 9.55. The van der Waals surface area contributed by atoms with Crippen LogP contribution in [0.4, 0.5) is 0 Å². The molecule has 2 heterocycles. The summed E-state index contributed by atoms with van der Waals surface area (Å²) in [5.74, 6) is 0.495. The number of rotatable bonds is 6. The smallest absolute Gasteiger partial charge is 0.255 e. The molecule has 0 radical (unpaired) electrons. The molecule has 3 rings (SSSR count). The number of ether oxygens (including phenoxy) is 1. The molecule has 1 aromatic carbocycles. The van der Waals surface area contributed by atoms with E-state index in [1.165, 1.54) is 5.56 Å². The third-order valence-electron chi connectivity index (χ3n) is 5.00. The lowest BCUT2D eigenvalue weighted by Gasteiger charge is -2.32. The summed E-state index contributed by atoms with van der Waals surface area (Å²) < 4.78 is 5.26. The molecule has 1 aliphatic heterocycles. The second kappa shape index (κ2) is 9.11. The number of carbonyl (C=O) groups is 1. The van der Waals surface area contributed by atoms with Crippen LogP contribution in [0, 0.1) is 5.92 Å². The molecule has 1 saturated heterocycles. The number of pyridine rings is 1. The Kier molecular flexibility index (Phi) is 6.58. The van der Waals surface area contributed by atoms with Crippen molar-refractivity contribution in [1.29, 1.82) is 0 Å². The maximum atomic E-state index is 12.8. The van der Waals surface area contributed by atoms with Gasteiger partial charge in [-0.25, -0.2) is 0 Å². The Morgan fingerprint density at radius 1 is 1.26 bits per heavy atom. The highest BCUT2D eigenvalue weighted by atomic mass is 16.5. The quantitative estimate of drug-likeness (QED) is 0.786. The highest BCUT2D eigenvalue weighted by molar-refractivity contribution is 5.94. The molecule has 0 N–H and O–H groups in total. The number of likely N-dealkylation sites (tertiary alicyclic amines) is 1. The first-order chi connectivity index (χ1) is 13.1. The van der Waals surface area contributed by atoms with Crippen molar-refractivity contribution in [2.75, 3.05) is 40.9 Å². The summed E-state index contributed by atoms with van der Waals surface area (Å²) in [5.41, 5.74) is 3.90. The summed E-state index contributed by atoms with van der Waals surface area (Å²) in [7, 11) is 5.83. The minimum absolute atomic E-state index is 0.0661. The average molecular weight is 367 g/mol. The predicted octanol–water partition coefficient (Wildman–Crippen LogP) is 3.31. The van der Waals surface area contributed by atoms with Crippen molar-refractivity contribution in [2.45, 2.75) is 19.4 Å². The highest BCUT2D eigenvalue weighted by Gasteiger charge is 2.24. The van der Waals surface area contributed by atoms with Gasteiger partial charge in [0.25, 0.3) is 5.91 Å². The van der Waals surface area contributed by atoms with Gasteiger partial charge in [-0.3, -0.25) is 9.78 Å². The number of hydrogen-bond acceptors (Lipinski definition) is 4. The predicted molar refractivity (Wildman–Crippen MR) is 108 cm³/mol. The number of piperidine rings is 1. The Bertz CT molecular complexity index is 756. The van der Waals surface area contributed by atoms with E-state index in [0.29, 0.717) is 18.1 Å². The van der Waals surface area contributed by atoms with Crippen LogP contribution in [-0.2, 0) is 11.3 Å². The first-order valence-electron chi connectivity index (χ1n) is 9.55. The number of aromatic nitrogens is 1. The van der Waals surface area contributed by atoms with E-state index in [2.05, 4.69) is 36.1 Å². The zero-order valence-corrected chi connectivity index (χ0v) is 16.5. The summed E-state index contributed by atoms with van der Waals surface area (Å²) in [5, 5.41) is 0. The largest absolute Gasteiger partial charge is 0.384 e. The van der Waals surface area contributed by atoms with E-state index < -0.39 is 0 Å². The van der Waals surface area contributed by atoms with E-state index in [9.17, 15) is 4.79 Å². The number of benzene rings is 1. The number of amides is 1. The molecule has 0 unspecified atom stereocenters. The monoisotopic (exact) mass is 367 g/mol. The Morgan fingerprint density at radius 2 is 2.07 bits per heavy atom. The van der Waals surface area contributed by atoms with Crippen molar-refractivity contribution >= 4 is 5.91 Å². The van der Waals surface area contributed by atoms with Gasteiger partial charge in [0.15, 0.2) is 0 Å². The maximum Gasteiger partial charge on any atom is 0.255 e. The average Bonchev–Trinajstić information content (AvgIpc) is 2.68. The molecule has 1 fully saturated rings. The van der Waals surface area contributed by atoms with Crippen LogP contribution in [0.15, 0.2) is 42.6 Å². The fourth-order valence-electron chi connectivity index (χ4n) is 3.73. The van der Waals surface area contributed by atoms with E-state index in [0.717, 1.165) is 43.7 Å². The van der Waals surface area contributed by atoms with Crippen LogP contribution >= 0.6 is 0 Å².